The summed E-state index contributed by atoms with van der Waals surface area (Å²) in [6.45, 7) is 1.93. The molecule has 3 nitrogen and oxygen atoms in total. The topological polar surface area (TPSA) is 42.0 Å². The van der Waals surface area contributed by atoms with E-state index in [2.05, 4.69) is 10.3 Å². The van der Waals surface area contributed by atoms with Crippen molar-refractivity contribution in [1.29, 1.82) is 0 Å². The lowest BCUT2D eigenvalue weighted by molar-refractivity contribution is 0.0939. The van der Waals surface area contributed by atoms with Crippen molar-refractivity contribution in [2.45, 2.75) is 13.0 Å². The second-order valence-electron chi connectivity index (χ2n) is 5.01. The third kappa shape index (κ3) is 2.92. The molecule has 0 spiro atoms. The highest BCUT2D eigenvalue weighted by molar-refractivity contribution is 5.98. The van der Waals surface area contributed by atoms with Crippen LogP contribution in [0.5, 0.6) is 0 Å². The molecule has 1 amide bonds. The fourth-order valence-electron chi connectivity index (χ4n) is 2.32. The lowest BCUT2D eigenvalue weighted by atomic mass is 10.1. The Kier molecular flexibility index (Phi) is 3.65. The Hall–Kier alpha value is -2.68. The van der Waals surface area contributed by atoms with Crippen LogP contribution in [0.4, 0.5) is 0 Å². The zero-order chi connectivity index (χ0) is 14.7. The first-order valence-corrected chi connectivity index (χ1v) is 6.94. The van der Waals surface area contributed by atoms with E-state index in [1.807, 2.05) is 67.6 Å². The highest BCUT2D eigenvalue weighted by Gasteiger charge is 2.12. The predicted molar refractivity (Wildman–Crippen MR) is 84.1 cm³/mol. The summed E-state index contributed by atoms with van der Waals surface area (Å²) in [6.07, 6.45) is 1.73. The maximum Gasteiger partial charge on any atom is 0.251 e. The van der Waals surface area contributed by atoms with Gasteiger partial charge in [-0.25, -0.2) is 0 Å². The van der Waals surface area contributed by atoms with E-state index in [-0.39, 0.29) is 11.9 Å². The number of pyridine rings is 1. The van der Waals surface area contributed by atoms with Crippen molar-refractivity contribution in [3.63, 3.8) is 0 Å². The number of carbonyl (C=O) groups is 1. The van der Waals surface area contributed by atoms with Gasteiger partial charge in [0.15, 0.2) is 0 Å². The average molecular weight is 276 g/mol. The molecular weight excluding hydrogens is 260 g/mol. The first-order chi connectivity index (χ1) is 10.2. The minimum absolute atomic E-state index is 0.0843. The molecule has 1 N–H and O–H groups in total. The van der Waals surface area contributed by atoms with E-state index in [0.717, 1.165) is 16.5 Å². The van der Waals surface area contributed by atoms with Crippen molar-refractivity contribution in [3.8, 4) is 0 Å². The van der Waals surface area contributed by atoms with E-state index < -0.39 is 0 Å². The fraction of sp³-hybridized carbons (Fsp3) is 0.111. The van der Waals surface area contributed by atoms with Crippen LogP contribution in [0, 0.1) is 0 Å². The molecule has 3 rings (SSSR count). The zero-order valence-electron chi connectivity index (χ0n) is 11.8. The number of rotatable bonds is 3. The van der Waals surface area contributed by atoms with Crippen molar-refractivity contribution in [2.75, 3.05) is 0 Å². The summed E-state index contributed by atoms with van der Waals surface area (Å²) in [4.78, 5) is 16.6. The minimum atomic E-state index is -0.120. The number of nitrogens with one attached hydrogen (secondary N) is 1. The van der Waals surface area contributed by atoms with Gasteiger partial charge >= 0.3 is 0 Å². The summed E-state index contributed by atoms with van der Waals surface area (Å²) < 4.78 is 0. The van der Waals surface area contributed by atoms with Gasteiger partial charge in [0, 0.05) is 11.8 Å². The molecule has 104 valence electrons. The minimum Gasteiger partial charge on any atom is -0.344 e. The summed E-state index contributed by atoms with van der Waals surface area (Å²) in [5.74, 6) is -0.0843. The van der Waals surface area contributed by atoms with Crippen LogP contribution < -0.4 is 5.32 Å². The van der Waals surface area contributed by atoms with E-state index in [9.17, 15) is 4.79 Å². The van der Waals surface area contributed by atoms with Gasteiger partial charge in [0.25, 0.3) is 5.91 Å². The standard InChI is InChI=1S/C18H16N2O/c1-13(17-8-4-5-11-19-17)20-18(21)16-10-9-14-6-2-3-7-15(14)12-16/h2-13H,1H3,(H,20,21)/t13-/m1/s1. The summed E-state index contributed by atoms with van der Waals surface area (Å²) in [5.41, 5.74) is 1.52. The van der Waals surface area contributed by atoms with Crippen LogP contribution in [0.25, 0.3) is 10.8 Å². The third-order valence-corrected chi connectivity index (χ3v) is 3.49. The Bertz CT molecular complexity index is 768. The van der Waals surface area contributed by atoms with Crippen LogP contribution in [0.2, 0.25) is 0 Å². The Balaban J connectivity index is 1.80. The van der Waals surface area contributed by atoms with Crippen molar-refractivity contribution in [3.05, 3.63) is 78.1 Å². The molecule has 0 unspecified atom stereocenters. The monoisotopic (exact) mass is 276 g/mol. The smallest absolute Gasteiger partial charge is 0.251 e. The number of aromatic nitrogens is 1. The summed E-state index contributed by atoms with van der Waals surface area (Å²) in [5, 5.41) is 5.17. The molecule has 0 fully saturated rings. The predicted octanol–water partition coefficient (Wildman–Crippen LogP) is 3.73. The van der Waals surface area contributed by atoms with Gasteiger partial charge in [-0.3, -0.25) is 9.78 Å². The number of amides is 1. The number of fused-ring (bicyclic) bond motifs is 1. The molecule has 2 aromatic carbocycles. The molecule has 0 saturated heterocycles. The lowest BCUT2D eigenvalue weighted by Crippen LogP contribution is -2.27. The largest absolute Gasteiger partial charge is 0.344 e. The van der Waals surface area contributed by atoms with Gasteiger partial charge in [-0.05, 0) is 42.0 Å². The van der Waals surface area contributed by atoms with Gasteiger partial charge in [0.05, 0.1) is 11.7 Å². The molecule has 21 heavy (non-hydrogen) atoms. The van der Waals surface area contributed by atoms with Crippen LogP contribution in [-0.4, -0.2) is 10.9 Å². The highest BCUT2D eigenvalue weighted by Crippen LogP contribution is 2.16. The van der Waals surface area contributed by atoms with E-state index in [0.29, 0.717) is 5.56 Å². The quantitative estimate of drug-likeness (QED) is 0.792. The molecule has 0 radical (unpaired) electrons. The van der Waals surface area contributed by atoms with Crippen LogP contribution in [0.1, 0.15) is 29.0 Å². The molecule has 3 aromatic rings. The molecular formula is C18H16N2O. The molecule has 0 bridgehead atoms. The number of hydrogen-bond acceptors (Lipinski definition) is 2. The molecule has 1 aromatic heterocycles. The molecule has 0 aliphatic carbocycles. The fourth-order valence-corrected chi connectivity index (χ4v) is 2.32. The van der Waals surface area contributed by atoms with Crippen molar-refractivity contribution < 1.29 is 4.79 Å². The summed E-state index contributed by atoms with van der Waals surface area (Å²) in [7, 11) is 0. The first kappa shape index (κ1) is 13.3. The summed E-state index contributed by atoms with van der Waals surface area (Å²) in [6, 6.07) is 19.3. The van der Waals surface area contributed by atoms with Crippen LogP contribution in [0.3, 0.4) is 0 Å². The summed E-state index contributed by atoms with van der Waals surface area (Å²) >= 11 is 0. The molecule has 0 saturated carbocycles. The van der Waals surface area contributed by atoms with Gasteiger partial charge < -0.3 is 5.32 Å². The SMILES string of the molecule is C[C@@H](NC(=O)c1ccc2ccccc2c1)c1ccccn1. The number of nitrogens with zero attached hydrogens (tertiary/aromatic N) is 1. The van der Waals surface area contributed by atoms with Gasteiger partial charge in [0.1, 0.15) is 0 Å². The van der Waals surface area contributed by atoms with Crippen molar-refractivity contribution in [1.82, 2.24) is 10.3 Å². The third-order valence-electron chi connectivity index (χ3n) is 3.49. The normalized spacial score (nSPS) is 12.0. The Morgan fingerprint density at radius 2 is 1.76 bits per heavy atom. The number of benzene rings is 2. The molecule has 0 aliphatic rings. The average Bonchev–Trinajstić information content (AvgIpc) is 2.55. The maximum absolute atomic E-state index is 12.3. The zero-order valence-corrected chi connectivity index (χ0v) is 11.8. The van der Waals surface area contributed by atoms with Crippen molar-refractivity contribution in [2.24, 2.45) is 0 Å². The van der Waals surface area contributed by atoms with Crippen molar-refractivity contribution >= 4 is 16.7 Å². The van der Waals surface area contributed by atoms with Gasteiger partial charge in [-0.2, -0.15) is 0 Å². The number of hydrogen-bond donors (Lipinski definition) is 1. The first-order valence-electron chi connectivity index (χ1n) is 6.94. The van der Waals surface area contributed by atoms with E-state index >= 15 is 0 Å². The van der Waals surface area contributed by atoms with E-state index in [1.54, 1.807) is 6.20 Å². The van der Waals surface area contributed by atoms with E-state index in [1.165, 1.54) is 0 Å². The molecule has 1 heterocycles. The second-order valence-corrected chi connectivity index (χ2v) is 5.01. The van der Waals surface area contributed by atoms with Crippen LogP contribution in [0.15, 0.2) is 66.9 Å². The molecule has 1 atom stereocenters. The highest BCUT2D eigenvalue weighted by atomic mass is 16.1. The van der Waals surface area contributed by atoms with Gasteiger partial charge in [-0.15, -0.1) is 0 Å². The Morgan fingerprint density at radius 1 is 1.00 bits per heavy atom. The Morgan fingerprint density at radius 3 is 2.52 bits per heavy atom. The van der Waals surface area contributed by atoms with Crippen LogP contribution in [-0.2, 0) is 0 Å². The number of carbonyl (C=O) groups excluding carboxylic acids is 1. The maximum atomic E-state index is 12.3. The van der Waals surface area contributed by atoms with Crippen LogP contribution >= 0.6 is 0 Å². The molecule has 0 aliphatic heterocycles. The van der Waals surface area contributed by atoms with Gasteiger partial charge in [-0.1, -0.05) is 36.4 Å². The molecule has 3 heteroatoms. The lowest BCUT2D eigenvalue weighted by Gasteiger charge is -2.13. The second kappa shape index (κ2) is 5.75. The Labute approximate surface area is 123 Å². The van der Waals surface area contributed by atoms with E-state index in [4.69, 9.17) is 0 Å². The van der Waals surface area contributed by atoms with Gasteiger partial charge in [0.2, 0.25) is 0 Å².